The Labute approximate surface area is 88.3 Å². The second-order valence-electron chi connectivity index (χ2n) is 3.88. The summed E-state index contributed by atoms with van der Waals surface area (Å²) in [6.07, 6.45) is 6.27. The van der Waals surface area contributed by atoms with Gasteiger partial charge >= 0.3 is 5.97 Å². The predicted molar refractivity (Wildman–Crippen MR) is 55.8 cm³/mol. The van der Waals surface area contributed by atoms with Gasteiger partial charge in [0.1, 0.15) is 6.04 Å². The summed E-state index contributed by atoms with van der Waals surface area (Å²) in [7, 11) is 1.88. The first-order valence-corrected chi connectivity index (χ1v) is 5.17. The van der Waals surface area contributed by atoms with Gasteiger partial charge in [-0.15, -0.1) is 0 Å². The lowest BCUT2D eigenvalue weighted by molar-refractivity contribution is -0.139. The second kappa shape index (κ2) is 3.92. The van der Waals surface area contributed by atoms with Crippen molar-refractivity contribution < 1.29 is 9.90 Å². The van der Waals surface area contributed by atoms with Gasteiger partial charge in [0.25, 0.3) is 0 Å². The minimum atomic E-state index is -0.752. The summed E-state index contributed by atoms with van der Waals surface area (Å²) >= 11 is 0. The lowest BCUT2D eigenvalue weighted by atomic mass is 10.0. The number of carbonyl (C=O) groups is 1. The van der Waals surface area contributed by atoms with E-state index in [0.29, 0.717) is 6.42 Å². The summed E-state index contributed by atoms with van der Waals surface area (Å²) in [5.41, 5.74) is 0. The zero-order valence-corrected chi connectivity index (χ0v) is 8.76. The quantitative estimate of drug-likeness (QED) is 0.785. The Morgan fingerprint density at radius 1 is 1.60 bits per heavy atom. The van der Waals surface area contributed by atoms with Crippen molar-refractivity contribution in [3.8, 4) is 0 Å². The van der Waals surface area contributed by atoms with E-state index in [1.54, 1.807) is 6.20 Å². The van der Waals surface area contributed by atoms with E-state index in [-0.39, 0.29) is 0 Å². The van der Waals surface area contributed by atoms with Gasteiger partial charge < -0.3 is 14.6 Å². The minimum Gasteiger partial charge on any atom is -0.480 e. The van der Waals surface area contributed by atoms with E-state index in [9.17, 15) is 4.79 Å². The number of hydrogen-bond acceptors (Lipinski definition) is 3. The van der Waals surface area contributed by atoms with Crippen LogP contribution in [0.3, 0.4) is 0 Å². The van der Waals surface area contributed by atoms with Crippen molar-refractivity contribution >= 4 is 11.9 Å². The molecule has 0 spiro atoms. The van der Waals surface area contributed by atoms with Gasteiger partial charge in [0.15, 0.2) is 0 Å². The number of rotatable bonds is 2. The van der Waals surface area contributed by atoms with Gasteiger partial charge in [-0.25, -0.2) is 9.78 Å². The van der Waals surface area contributed by atoms with Crippen molar-refractivity contribution in [2.75, 3.05) is 11.4 Å². The highest BCUT2D eigenvalue weighted by Crippen LogP contribution is 2.22. The van der Waals surface area contributed by atoms with Crippen LogP contribution < -0.4 is 4.90 Å². The Morgan fingerprint density at radius 2 is 2.40 bits per heavy atom. The van der Waals surface area contributed by atoms with Crippen LogP contribution in [-0.4, -0.2) is 33.2 Å². The molecular formula is C10H15N3O2. The molecule has 1 aliphatic rings. The van der Waals surface area contributed by atoms with Crippen LogP contribution in [0.2, 0.25) is 0 Å². The van der Waals surface area contributed by atoms with E-state index in [4.69, 9.17) is 5.11 Å². The molecule has 0 saturated carbocycles. The summed E-state index contributed by atoms with van der Waals surface area (Å²) in [5.74, 6) is -0.000185. The van der Waals surface area contributed by atoms with E-state index in [2.05, 4.69) is 4.98 Å². The second-order valence-corrected chi connectivity index (χ2v) is 3.88. The van der Waals surface area contributed by atoms with E-state index >= 15 is 0 Å². The van der Waals surface area contributed by atoms with Crippen LogP contribution in [0.25, 0.3) is 0 Å². The Bertz CT molecular complexity index is 361. The summed E-state index contributed by atoms with van der Waals surface area (Å²) in [5, 5.41) is 9.12. The first-order valence-electron chi connectivity index (χ1n) is 5.17. The SMILES string of the molecule is Cn1ccnc1N1CCCCC1C(=O)O. The third-order valence-electron chi connectivity index (χ3n) is 2.84. The molecule has 0 bridgehead atoms. The number of aromatic nitrogens is 2. The smallest absolute Gasteiger partial charge is 0.326 e. The third kappa shape index (κ3) is 1.82. The summed E-state index contributed by atoms with van der Waals surface area (Å²) < 4.78 is 1.86. The van der Waals surface area contributed by atoms with Gasteiger partial charge in [0.2, 0.25) is 5.95 Å². The van der Waals surface area contributed by atoms with Crippen LogP contribution in [-0.2, 0) is 11.8 Å². The monoisotopic (exact) mass is 209 g/mol. The van der Waals surface area contributed by atoms with Crippen LogP contribution in [0.1, 0.15) is 19.3 Å². The average Bonchev–Trinajstić information content (AvgIpc) is 2.64. The third-order valence-corrected chi connectivity index (χ3v) is 2.84. The first-order chi connectivity index (χ1) is 7.20. The zero-order valence-electron chi connectivity index (χ0n) is 8.76. The maximum absolute atomic E-state index is 11.1. The number of aryl methyl sites for hydroxylation is 1. The molecule has 1 atom stereocenters. The predicted octanol–water partition coefficient (Wildman–Crippen LogP) is 0.864. The van der Waals surface area contributed by atoms with Crippen molar-refractivity contribution in [3.63, 3.8) is 0 Å². The number of nitrogens with zero attached hydrogens (tertiary/aromatic N) is 3. The van der Waals surface area contributed by atoms with Crippen LogP contribution in [0, 0.1) is 0 Å². The molecule has 2 heterocycles. The summed E-state index contributed by atoms with van der Waals surface area (Å²) in [6, 6.07) is -0.417. The van der Waals surface area contributed by atoms with Gasteiger partial charge in [-0.05, 0) is 19.3 Å². The van der Waals surface area contributed by atoms with Gasteiger partial charge in [0.05, 0.1) is 0 Å². The van der Waals surface area contributed by atoms with Crippen molar-refractivity contribution in [1.82, 2.24) is 9.55 Å². The van der Waals surface area contributed by atoms with Gasteiger partial charge in [-0.2, -0.15) is 0 Å². The molecule has 0 aromatic carbocycles. The lowest BCUT2D eigenvalue weighted by Gasteiger charge is -2.33. The van der Waals surface area contributed by atoms with Gasteiger partial charge in [-0.1, -0.05) is 0 Å². The molecule has 1 unspecified atom stereocenters. The molecule has 2 rings (SSSR count). The normalized spacial score (nSPS) is 21.7. The minimum absolute atomic E-state index is 0.417. The molecule has 0 amide bonds. The van der Waals surface area contributed by atoms with Crippen LogP contribution in [0.4, 0.5) is 5.95 Å². The molecule has 5 heteroatoms. The standard InChI is InChI=1S/C10H15N3O2/c1-12-7-5-11-10(12)13-6-3-2-4-8(13)9(14)15/h5,7-8H,2-4,6H2,1H3,(H,14,15). The Balaban J connectivity index is 2.25. The summed E-state index contributed by atoms with van der Waals surface area (Å²) in [6.45, 7) is 0.780. The lowest BCUT2D eigenvalue weighted by Crippen LogP contribution is -2.45. The molecule has 1 N–H and O–H groups in total. The van der Waals surface area contributed by atoms with E-state index < -0.39 is 12.0 Å². The maximum atomic E-state index is 11.1. The molecule has 5 nitrogen and oxygen atoms in total. The number of anilines is 1. The van der Waals surface area contributed by atoms with Crippen molar-refractivity contribution in [2.45, 2.75) is 25.3 Å². The van der Waals surface area contributed by atoms with E-state index in [1.807, 2.05) is 22.7 Å². The van der Waals surface area contributed by atoms with E-state index in [0.717, 1.165) is 25.3 Å². The number of piperidine rings is 1. The number of imidazole rings is 1. The molecule has 0 aliphatic carbocycles. The highest BCUT2D eigenvalue weighted by molar-refractivity contribution is 5.77. The fraction of sp³-hybridized carbons (Fsp3) is 0.600. The molecule has 82 valence electrons. The Hall–Kier alpha value is -1.52. The van der Waals surface area contributed by atoms with Crippen molar-refractivity contribution in [2.24, 2.45) is 7.05 Å². The Morgan fingerprint density at radius 3 is 3.00 bits per heavy atom. The summed E-state index contributed by atoms with van der Waals surface area (Å²) in [4.78, 5) is 17.2. The highest BCUT2D eigenvalue weighted by Gasteiger charge is 2.30. The van der Waals surface area contributed by atoms with Gasteiger partial charge in [0, 0.05) is 26.0 Å². The van der Waals surface area contributed by atoms with Crippen molar-refractivity contribution in [1.29, 1.82) is 0 Å². The first kappa shape index (κ1) is 10.0. The van der Waals surface area contributed by atoms with Crippen LogP contribution in [0.15, 0.2) is 12.4 Å². The molecule has 1 fully saturated rings. The number of aliphatic carboxylic acids is 1. The van der Waals surface area contributed by atoms with Crippen LogP contribution >= 0.6 is 0 Å². The van der Waals surface area contributed by atoms with Crippen LogP contribution in [0.5, 0.6) is 0 Å². The molecule has 1 aromatic rings. The van der Waals surface area contributed by atoms with Gasteiger partial charge in [-0.3, -0.25) is 0 Å². The molecular weight excluding hydrogens is 194 g/mol. The van der Waals surface area contributed by atoms with E-state index in [1.165, 1.54) is 0 Å². The molecule has 15 heavy (non-hydrogen) atoms. The molecule has 0 radical (unpaired) electrons. The fourth-order valence-corrected chi connectivity index (χ4v) is 2.06. The topological polar surface area (TPSA) is 58.4 Å². The number of carboxylic acid groups (broad SMARTS) is 1. The molecule has 1 aliphatic heterocycles. The number of carboxylic acids is 1. The largest absolute Gasteiger partial charge is 0.480 e. The fourth-order valence-electron chi connectivity index (χ4n) is 2.06. The van der Waals surface area contributed by atoms with Crippen molar-refractivity contribution in [3.05, 3.63) is 12.4 Å². The number of hydrogen-bond donors (Lipinski definition) is 1. The molecule has 1 saturated heterocycles. The highest BCUT2D eigenvalue weighted by atomic mass is 16.4. The Kier molecular flexibility index (Phi) is 2.62. The molecule has 1 aromatic heterocycles. The average molecular weight is 209 g/mol. The zero-order chi connectivity index (χ0) is 10.8. The maximum Gasteiger partial charge on any atom is 0.326 e.